The minimum atomic E-state index is -1.20. The maximum Gasteiger partial charge on any atom is 0.230 e. The van der Waals surface area contributed by atoms with Gasteiger partial charge in [-0.25, -0.2) is 0 Å². The number of hydrogen-bond acceptors (Lipinski definition) is 4. The van der Waals surface area contributed by atoms with E-state index in [1.165, 1.54) is 0 Å². The average molecular weight is 284 g/mol. The largest absolute Gasteiger partial charge is 0.550 e. The number of nitrogens with zero attached hydrogens (tertiary/aromatic N) is 1. The Bertz CT molecular complexity index is 641. The van der Waals surface area contributed by atoms with Crippen LogP contribution in [-0.4, -0.2) is 35.0 Å². The molecule has 0 radical (unpaired) electrons. The first-order chi connectivity index (χ1) is 10.1. The molecule has 1 aromatic rings. The molecule has 2 saturated heterocycles. The van der Waals surface area contributed by atoms with Gasteiger partial charge >= 0.3 is 0 Å². The second-order valence-corrected chi connectivity index (χ2v) is 5.90. The Morgan fingerprint density at radius 1 is 1.38 bits per heavy atom. The minimum Gasteiger partial charge on any atom is -0.550 e. The quantitative estimate of drug-likeness (QED) is 0.716. The third kappa shape index (κ3) is 1.67. The van der Waals surface area contributed by atoms with Gasteiger partial charge in [0.2, 0.25) is 5.91 Å². The van der Waals surface area contributed by atoms with Crippen LogP contribution in [0.2, 0.25) is 0 Å². The fraction of sp³-hybridized carbons (Fsp3) is 0.375. The lowest BCUT2D eigenvalue weighted by Gasteiger charge is -2.24. The highest BCUT2D eigenvalue weighted by molar-refractivity contribution is 5.90. The first-order valence-corrected chi connectivity index (χ1v) is 7.01. The van der Waals surface area contributed by atoms with Crippen LogP contribution in [0.15, 0.2) is 42.5 Å². The topological polar surface area (TPSA) is 69.7 Å². The first-order valence-electron chi connectivity index (χ1n) is 7.01. The van der Waals surface area contributed by atoms with E-state index in [1.807, 2.05) is 36.4 Å². The van der Waals surface area contributed by atoms with Crippen LogP contribution in [0.1, 0.15) is 5.56 Å². The molecule has 0 unspecified atom stereocenters. The molecule has 4 atom stereocenters. The first kappa shape index (κ1) is 12.6. The third-order valence-electron chi connectivity index (χ3n) is 4.67. The fourth-order valence-corrected chi connectivity index (χ4v) is 3.78. The molecule has 108 valence electrons. The minimum absolute atomic E-state index is 0.153. The monoisotopic (exact) mass is 284 g/mol. The summed E-state index contributed by atoms with van der Waals surface area (Å²) in [4.78, 5) is 25.6. The number of carbonyl (C=O) groups is 2. The molecule has 0 aromatic heterocycles. The molecule has 2 bridgehead atoms. The summed E-state index contributed by atoms with van der Waals surface area (Å²) in [6.07, 6.45) is 3.07. The molecule has 5 nitrogen and oxygen atoms in total. The average Bonchev–Trinajstić information content (AvgIpc) is 3.09. The zero-order valence-electron chi connectivity index (χ0n) is 11.3. The van der Waals surface area contributed by atoms with Crippen LogP contribution in [0.5, 0.6) is 0 Å². The maximum absolute atomic E-state index is 12.6. The van der Waals surface area contributed by atoms with Gasteiger partial charge in [-0.15, -0.1) is 0 Å². The standard InChI is InChI=1S/C16H15NO4/c18-14-13-12(15(19)20)11-6-7-16(13,21-11)9-17(14)8-10-4-2-1-3-5-10/h1-7,11-13H,8-9H2,(H,19,20)/p-1/t11-,12-,13+,16-/m0/s1. The number of carbonyl (C=O) groups excluding carboxylic acids is 2. The predicted molar refractivity (Wildman–Crippen MR) is 70.6 cm³/mol. The van der Waals surface area contributed by atoms with Gasteiger partial charge in [0, 0.05) is 18.4 Å². The van der Waals surface area contributed by atoms with E-state index in [1.54, 1.807) is 11.0 Å². The van der Waals surface area contributed by atoms with Crippen LogP contribution in [0, 0.1) is 11.8 Å². The van der Waals surface area contributed by atoms with E-state index >= 15 is 0 Å². The number of carboxylic acid groups (broad SMARTS) is 1. The molecule has 0 N–H and O–H groups in total. The molecule has 1 aromatic carbocycles. The molecule has 3 heterocycles. The van der Waals surface area contributed by atoms with Crippen LogP contribution < -0.4 is 5.11 Å². The van der Waals surface area contributed by atoms with Crippen molar-refractivity contribution in [2.75, 3.05) is 6.54 Å². The van der Waals surface area contributed by atoms with Crippen molar-refractivity contribution in [3.8, 4) is 0 Å². The third-order valence-corrected chi connectivity index (χ3v) is 4.67. The van der Waals surface area contributed by atoms with Crippen LogP contribution in [0.3, 0.4) is 0 Å². The van der Waals surface area contributed by atoms with Gasteiger partial charge < -0.3 is 19.5 Å². The second kappa shape index (κ2) is 4.18. The Labute approximate surface area is 121 Å². The van der Waals surface area contributed by atoms with Gasteiger partial charge in [-0.1, -0.05) is 42.5 Å². The summed E-state index contributed by atoms with van der Waals surface area (Å²) in [7, 11) is 0. The number of amides is 1. The number of rotatable bonds is 3. The van der Waals surface area contributed by atoms with Gasteiger partial charge in [-0.05, 0) is 5.56 Å². The van der Waals surface area contributed by atoms with Crippen LogP contribution in [0.4, 0.5) is 0 Å². The van der Waals surface area contributed by atoms with Crippen LogP contribution >= 0.6 is 0 Å². The molecule has 0 aliphatic carbocycles. The molecular weight excluding hydrogens is 270 g/mol. The number of hydrogen-bond donors (Lipinski definition) is 0. The summed E-state index contributed by atoms with van der Waals surface area (Å²) < 4.78 is 5.80. The van der Waals surface area contributed by atoms with E-state index in [9.17, 15) is 14.7 Å². The Morgan fingerprint density at radius 3 is 2.86 bits per heavy atom. The lowest BCUT2D eigenvalue weighted by Crippen LogP contribution is -2.45. The van der Waals surface area contributed by atoms with E-state index in [4.69, 9.17) is 4.74 Å². The van der Waals surface area contributed by atoms with Crippen molar-refractivity contribution >= 4 is 11.9 Å². The summed E-state index contributed by atoms with van der Waals surface area (Å²) in [5, 5.41) is 11.3. The molecule has 3 aliphatic heterocycles. The van der Waals surface area contributed by atoms with Gasteiger partial charge in [0.15, 0.2) is 0 Å². The number of carboxylic acids is 1. The molecule has 21 heavy (non-hydrogen) atoms. The number of fused-ring (bicyclic) bond motifs is 1. The smallest absolute Gasteiger partial charge is 0.230 e. The van der Waals surface area contributed by atoms with E-state index < -0.39 is 29.5 Å². The van der Waals surface area contributed by atoms with Gasteiger partial charge in [0.1, 0.15) is 5.60 Å². The molecular formula is C16H14NO4-. The van der Waals surface area contributed by atoms with Crippen molar-refractivity contribution < 1.29 is 19.4 Å². The van der Waals surface area contributed by atoms with Gasteiger partial charge in [-0.3, -0.25) is 4.79 Å². The van der Waals surface area contributed by atoms with Crippen molar-refractivity contribution in [3.05, 3.63) is 48.0 Å². The van der Waals surface area contributed by atoms with Crippen molar-refractivity contribution in [2.24, 2.45) is 11.8 Å². The Hall–Kier alpha value is -2.14. The highest BCUT2D eigenvalue weighted by Crippen LogP contribution is 2.51. The molecule has 5 heteroatoms. The van der Waals surface area contributed by atoms with E-state index in [0.717, 1.165) is 5.56 Å². The maximum atomic E-state index is 12.6. The Morgan fingerprint density at radius 2 is 2.14 bits per heavy atom. The van der Waals surface area contributed by atoms with E-state index in [0.29, 0.717) is 13.1 Å². The highest BCUT2D eigenvalue weighted by atomic mass is 16.5. The number of benzene rings is 1. The second-order valence-electron chi connectivity index (χ2n) is 5.90. The molecule has 3 aliphatic rings. The highest BCUT2D eigenvalue weighted by Gasteiger charge is 2.65. The number of ether oxygens (including phenoxy) is 1. The SMILES string of the molecule is O=C([O-])[C@H]1[C@@H]2C=C[C@@]3(CN(Cc4ccccc4)C(=O)[C@@H]13)O2. The van der Waals surface area contributed by atoms with Crippen molar-refractivity contribution in [1.29, 1.82) is 0 Å². The predicted octanol–water partition coefficient (Wildman–Crippen LogP) is -0.282. The summed E-state index contributed by atoms with van der Waals surface area (Å²) in [5.74, 6) is -2.88. The van der Waals surface area contributed by atoms with Crippen LogP contribution in [0.25, 0.3) is 0 Å². The lowest BCUT2D eigenvalue weighted by atomic mass is 9.77. The number of aliphatic carboxylic acids is 1. The zero-order chi connectivity index (χ0) is 14.6. The molecule has 4 rings (SSSR count). The summed E-state index contributed by atoms with van der Waals surface area (Å²) in [5.41, 5.74) is 0.243. The van der Waals surface area contributed by atoms with Gasteiger partial charge in [0.05, 0.1) is 18.6 Å². The van der Waals surface area contributed by atoms with Gasteiger partial charge in [-0.2, -0.15) is 0 Å². The fourth-order valence-electron chi connectivity index (χ4n) is 3.78. The molecule has 1 spiro atoms. The summed E-state index contributed by atoms with van der Waals surface area (Å²) in [6, 6.07) is 9.65. The Balaban J connectivity index is 1.63. The van der Waals surface area contributed by atoms with E-state index in [-0.39, 0.29) is 5.91 Å². The molecule has 2 fully saturated rings. The van der Waals surface area contributed by atoms with Gasteiger partial charge in [0.25, 0.3) is 0 Å². The molecule has 0 saturated carbocycles. The summed E-state index contributed by atoms with van der Waals surface area (Å²) in [6.45, 7) is 0.877. The zero-order valence-corrected chi connectivity index (χ0v) is 11.3. The normalized spacial score (nSPS) is 36.3. The summed E-state index contributed by atoms with van der Waals surface area (Å²) >= 11 is 0. The van der Waals surface area contributed by atoms with Crippen molar-refractivity contribution in [3.63, 3.8) is 0 Å². The van der Waals surface area contributed by atoms with E-state index in [2.05, 4.69) is 0 Å². The number of likely N-dealkylation sites (tertiary alicyclic amines) is 1. The van der Waals surface area contributed by atoms with Crippen molar-refractivity contribution in [1.82, 2.24) is 4.90 Å². The lowest BCUT2D eigenvalue weighted by molar-refractivity contribution is -0.313. The Kier molecular flexibility index (Phi) is 2.50. The van der Waals surface area contributed by atoms with Crippen molar-refractivity contribution in [2.45, 2.75) is 18.2 Å². The van der Waals surface area contributed by atoms with Crippen LogP contribution in [-0.2, 0) is 20.9 Å². The molecule has 1 amide bonds.